The van der Waals surface area contributed by atoms with Crippen LogP contribution in [0.2, 0.25) is 0 Å². The molecule has 2 aliphatic carbocycles. The fourth-order valence-corrected chi connectivity index (χ4v) is 5.94. The normalized spacial score (nSPS) is 26.1. The molecule has 2 saturated carbocycles. The highest BCUT2D eigenvalue weighted by atomic mass is 16.5. The summed E-state index contributed by atoms with van der Waals surface area (Å²) in [5.41, 5.74) is 9.88. The number of methoxy groups -OCH3 is 1. The molecule has 0 aromatic carbocycles. The second-order valence-corrected chi connectivity index (χ2v) is 11.2. The predicted molar refractivity (Wildman–Crippen MR) is 176 cm³/mol. The van der Waals surface area contributed by atoms with E-state index in [-0.39, 0.29) is 23.4 Å². The topological polar surface area (TPSA) is 72.5 Å². The maximum absolute atomic E-state index is 11.9. The number of carbonyl (C=O) groups excluding carboxylic acids is 1. The van der Waals surface area contributed by atoms with Crippen LogP contribution in [0.3, 0.4) is 0 Å². The van der Waals surface area contributed by atoms with Crippen molar-refractivity contribution in [2.24, 2.45) is 28.9 Å². The Morgan fingerprint density at radius 2 is 1.77 bits per heavy atom. The lowest BCUT2D eigenvalue weighted by atomic mass is 9.60. The molecule has 234 valence electrons. The third-order valence-electron chi connectivity index (χ3n) is 7.90. The summed E-state index contributed by atoms with van der Waals surface area (Å²) in [5.74, 6) is 0.749. The van der Waals surface area contributed by atoms with Crippen molar-refractivity contribution in [2.45, 2.75) is 139 Å². The largest absolute Gasteiger partial charge is 0.469 e. The first kappa shape index (κ1) is 40.5. The molecule has 0 aliphatic heterocycles. The molecule has 2 rings (SSSR count). The van der Waals surface area contributed by atoms with Crippen LogP contribution in [-0.4, -0.2) is 30.8 Å². The molecule has 40 heavy (non-hydrogen) atoms. The van der Waals surface area contributed by atoms with Crippen LogP contribution in [0, 0.1) is 23.2 Å². The summed E-state index contributed by atoms with van der Waals surface area (Å²) in [5, 5.41) is 10.2. The molecule has 4 unspecified atom stereocenters. The number of carbonyl (C=O) groups is 1. The van der Waals surface area contributed by atoms with Gasteiger partial charge >= 0.3 is 5.97 Å². The summed E-state index contributed by atoms with van der Waals surface area (Å²) in [4.78, 5) is 11.9. The monoisotopic (exact) mass is 562 g/mol. The van der Waals surface area contributed by atoms with Gasteiger partial charge in [0.05, 0.1) is 19.1 Å². The van der Waals surface area contributed by atoms with E-state index in [2.05, 4.69) is 58.6 Å². The fourth-order valence-electron chi connectivity index (χ4n) is 5.94. The van der Waals surface area contributed by atoms with Gasteiger partial charge in [-0.05, 0) is 99.1 Å². The van der Waals surface area contributed by atoms with Crippen molar-refractivity contribution < 1.29 is 14.6 Å². The third-order valence-corrected chi connectivity index (χ3v) is 7.90. The SMILES string of the molecule is C=C1/C(=C\C=C2/CCCC(C)(C[C@H](C)/C=C/CC(CC)C(=O)OC)C2CCN)CCCC1O.CC.CC.CCC. The van der Waals surface area contributed by atoms with E-state index in [1.165, 1.54) is 37.5 Å². The van der Waals surface area contributed by atoms with Crippen LogP contribution in [0.1, 0.15) is 133 Å². The number of aliphatic hydroxyl groups excluding tert-OH is 1. The highest BCUT2D eigenvalue weighted by molar-refractivity contribution is 5.72. The lowest BCUT2D eigenvalue weighted by Crippen LogP contribution is -2.35. The van der Waals surface area contributed by atoms with Crippen molar-refractivity contribution in [1.82, 2.24) is 0 Å². The van der Waals surface area contributed by atoms with Gasteiger partial charge in [0.1, 0.15) is 0 Å². The van der Waals surface area contributed by atoms with Gasteiger partial charge in [-0.25, -0.2) is 0 Å². The number of esters is 1. The van der Waals surface area contributed by atoms with E-state index in [4.69, 9.17) is 10.5 Å². The second kappa shape index (κ2) is 24.0. The minimum atomic E-state index is -0.390. The van der Waals surface area contributed by atoms with E-state index >= 15 is 0 Å². The lowest BCUT2D eigenvalue weighted by molar-refractivity contribution is -0.145. The zero-order valence-corrected chi connectivity index (χ0v) is 28.2. The zero-order valence-electron chi connectivity index (χ0n) is 28.2. The van der Waals surface area contributed by atoms with Gasteiger partial charge in [0.2, 0.25) is 0 Å². The molecule has 0 bridgehead atoms. The Kier molecular flexibility index (Phi) is 24.3. The van der Waals surface area contributed by atoms with Gasteiger partial charge in [0.15, 0.2) is 0 Å². The van der Waals surface area contributed by atoms with E-state index in [1.807, 2.05) is 34.6 Å². The molecule has 4 heteroatoms. The Hall–Kier alpha value is -1.65. The van der Waals surface area contributed by atoms with Gasteiger partial charge in [0.25, 0.3) is 0 Å². The summed E-state index contributed by atoms with van der Waals surface area (Å²) in [6, 6.07) is 0. The van der Waals surface area contributed by atoms with Crippen LogP contribution in [0.25, 0.3) is 0 Å². The Labute approximate surface area is 249 Å². The van der Waals surface area contributed by atoms with E-state index < -0.39 is 0 Å². The van der Waals surface area contributed by atoms with Crippen LogP contribution in [0.15, 0.2) is 47.6 Å². The van der Waals surface area contributed by atoms with Crippen LogP contribution in [-0.2, 0) is 9.53 Å². The first-order valence-corrected chi connectivity index (χ1v) is 16.4. The number of nitrogens with two attached hydrogens (primary N) is 1. The number of aliphatic hydroxyl groups is 1. The third kappa shape index (κ3) is 14.3. The van der Waals surface area contributed by atoms with Gasteiger partial charge in [-0.1, -0.05) is 105 Å². The number of hydrogen-bond acceptors (Lipinski definition) is 4. The van der Waals surface area contributed by atoms with Crippen LogP contribution in [0.5, 0.6) is 0 Å². The predicted octanol–water partition coefficient (Wildman–Crippen LogP) is 9.74. The number of allylic oxidation sites excluding steroid dienone is 5. The molecule has 0 radical (unpaired) electrons. The molecular formula is C36H67NO3. The van der Waals surface area contributed by atoms with E-state index in [9.17, 15) is 9.90 Å². The molecule has 2 fully saturated rings. The maximum atomic E-state index is 11.9. The number of hydrogen-bond donors (Lipinski definition) is 2. The van der Waals surface area contributed by atoms with Gasteiger partial charge in [-0.15, -0.1) is 0 Å². The molecule has 0 saturated heterocycles. The summed E-state index contributed by atoms with van der Waals surface area (Å²) in [6.07, 6.45) is 19.9. The summed E-state index contributed by atoms with van der Waals surface area (Å²) in [7, 11) is 1.46. The van der Waals surface area contributed by atoms with Crippen molar-refractivity contribution in [3.05, 3.63) is 47.6 Å². The van der Waals surface area contributed by atoms with Crippen molar-refractivity contribution >= 4 is 5.97 Å². The molecule has 2 aliphatic rings. The fraction of sp³-hybridized carbons (Fsp3) is 0.750. The molecular weight excluding hydrogens is 494 g/mol. The number of rotatable bonds is 10. The molecule has 3 N–H and O–H groups in total. The molecule has 0 amide bonds. The van der Waals surface area contributed by atoms with Gasteiger partial charge < -0.3 is 15.6 Å². The molecule has 0 heterocycles. The van der Waals surface area contributed by atoms with E-state index in [0.29, 0.717) is 18.4 Å². The minimum absolute atomic E-state index is 0.0515. The van der Waals surface area contributed by atoms with Gasteiger partial charge in [-0.2, -0.15) is 0 Å². The highest BCUT2D eigenvalue weighted by Crippen LogP contribution is 2.49. The smallest absolute Gasteiger partial charge is 0.308 e. The Bertz CT molecular complexity index is 766. The van der Waals surface area contributed by atoms with Crippen molar-refractivity contribution in [1.29, 1.82) is 0 Å². The molecule has 0 spiro atoms. The Morgan fingerprint density at radius 3 is 2.33 bits per heavy atom. The van der Waals surface area contributed by atoms with Crippen molar-refractivity contribution in [2.75, 3.05) is 13.7 Å². The highest BCUT2D eigenvalue weighted by Gasteiger charge is 2.39. The van der Waals surface area contributed by atoms with Crippen LogP contribution < -0.4 is 5.73 Å². The minimum Gasteiger partial charge on any atom is -0.469 e. The molecule has 5 atom stereocenters. The second-order valence-electron chi connectivity index (χ2n) is 11.2. The average molecular weight is 562 g/mol. The standard InChI is InChI=1S/C29H47NO3.C3H8.2C2H6/c1-6-23(28(32)33-5)11-7-10-21(2)20-29(4)18-9-13-25(26(29)17-19-30)16-15-24-12-8-14-27(31)22(24)3;1-3-2;2*1-2/h7,10,15-16,21,23,26-27,31H,3,6,8-9,11-14,17-20,30H2,1-2,4-5H3;3H2,1-2H3;2*1-2H3/b10-7+,24-15-,25-16+;;;/t21-,23?,26?,27?,29?;;;/m1.../s1. The zero-order chi connectivity index (χ0) is 31.1. The Morgan fingerprint density at radius 1 is 1.15 bits per heavy atom. The quantitative estimate of drug-likeness (QED) is 0.206. The summed E-state index contributed by atoms with van der Waals surface area (Å²) >= 11 is 0. The van der Waals surface area contributed by atoms with Crippen molar-refractivity contribution in [3.63, 3.8) is 0 Å². The molecule has 0 aromatic heterocycles. The Balaban J connectivity index is 0. The summed E-state index contributed by atoms with van der Waals surface area (Å²) in [6.45, 7) is 23.8. The first-order chi connectivity index (χ1) is 19.2. The maximum Gasteiger partial charge on any atom is 0.308 e. The van der Waals surface area contributed by atoms with E-state index in [0.717, 1.165) is 56.9 Å². The van der Waals surface area contributed by atoms with Gasteiger partial charge in [0, 0.05) is 0 Å². The summed E-state index contributed by atoms with van der Waals surface area (Å²) < 4.78 is 4.92. The molecule has 0 aromatic rings. The van der Waals surface area contributed by atoms with E-state index in [1.54, 1.807) is 0 Å². The van der Waals surface area contributed by atoms with Gasteiger partial charge in [-0.3, -0.25) is 4.79 Å². The van der Waals surface area contributed by atoms with Crippen molar-refractivity contribution in [3.8, 4) is 0 Å². The lowest BCUT2D eigenvalue weighted by Gasteiger charge is -2.44. The molecule has 4 nitrogen and oxygen atoms in total. The average Bonchev–Trinajstić information content (AvgIpc) is 2.95. The van der Waals surface area contributed by atoms with Crippen LogP contribution >= 0.6 is 0 Å². The first-order valence-electron chi connectivity index (χ1n) is 16.4. The van der Waals surface area contributed by atoms with Crippen LogP contribution in [0.4, 0.5) is 0 Å². The number of ether oxygens (including phenoxy) is 1.